The number of rotatable bonds is 7. The van der Waals surface area contributed by atoms with Gasteiger partial charge in [0.25, 0.3) is 0 Å². The largest absolute Gasteiger partial charge is 0.497 e. The monoisotopic (exact) mass is 295 g/mol. The molecule has 0 aliphatic heterocycles. The highest BCUT2D eigenvalue weighted by Gasteiger charge is 2.37. The molecule has 0 bridgehead atoms. The lowest BCUT2D eigenvalue weighted by atomic mass is 10.0. The first-order valence-corrected chi connectivity index (χ1v) is 8.24. The predicted octanol–water partition coefficient (Wildman–Crippen LogP) is 4.54. The van der Waals surface area contributed by atoms with Crippen LogP contribution in [0.5, 0.6) is 5.75 Å². The number of benzene rings is 2. The van der Waals surface area contributed by atoms with Gasteiger partial charge < -0.3 is 10.1 Å². The van der Waals surface area contributed by atoms with Crippen LogP contribution in [0.2, 0.25) is 0 Å². The van der Waals surface area contributed by atoms with E-state index >= 15 is 0 Å². The molecule has 0 saturated heterocycles. The standard InChI is InChI=1S/C20H25NO/c1-3-20(16-10-7-11-18(12-16)22-2)21-14-17-13-19(17)15-8-5-4-6-9-15/h4-12,17,19-21H,3,13-14H2,1-2H3. The molecular weight excluding hydrogens is 270 g/mol. The topological polar surface area (TPSA) is 21.3 Å². The summed E-state index contributed by atoms with van der Waals surface area (Å²) in [5.41, 5.74) is 2.81. The van der Waals surface area contributed by atoms with Crippen LogP contribution in [0.1, 0.15) is 42.9 Å². The SMILES string of the molecule is CCC(NCC1CC1c1ccccc1)c1cccc(OC)c1. The molecule has 22 heavy (non-hydrogen) atoms. The van der Waals surface area contributed by atoms with E-state index in [4.69, 9.17) is 4.74 Å². The van der Waals surface area contributed by atoms with Crippen LogP contribution in [0.3, 0.4) is 0 Å². The fourth-order valence-electron chi connectivity index (χ4n) is 3.23. The van der Waals surface area contributed by atoms with E-state index in [9.17, 15) is 0 Å². The molecule has 0 amide bonds. The van der Waals surface area contributed by atoms with Crippen LogP contribution in [0.4, 0.5) is 0 Å². The fourth-order valence-corrected chi connectivity index (χ4v) is 3.23. The van der Waals surface area contributed by atoms with Gasteiger partial charge >= 0.3 is 0 Å². The summed E-state index contributed by atoms with van der Waals surface area (Å²) >= 11 is 0. The Morgan fingerprint density at radius 3 is 2.68 bits per heavy atom. The number of methoxy groups -OCH3 is 1. The maximum atomic E-state index is 5.33. The third kappa shape index (κ3) is 3.50. The average molecular weight is 295 g/mol. The zero-order valence-corrected chi connectivity index (χ0v) is 13.5. The third-order valence-corrected chi connectivity index (χ3v) is 4.68. The van der Waals surface area contributed by atoms with Gasteiger partial charge in [0.05, 0.1) is 7.11 Å². The van der Waals surface area contributed by atoms with Gasteiger partial charge in [0.15, 0.2) is 0 Å². The first kappa shape index (κ1) is 15.1. The van der Waals surface area contributed by atoms with Crippen molar-refractivity contribution in [1.29, 1.82) is 0 Å². The zero-order chi connectivity index (χ0) is 15.4. The first-order valence-electron chi connectivity index (χ1n) is 8.24. The van der Waals surface area contributed by atoms with Gasteiger partial charge in [-0.3, -0.25) is 0 Å². The summed E-state index contributed by atoms with van der Waals surface area (Å²) in [6, 6.07) is 19.7. The third-order valence-electron chi connectivity index (χ3n) is 4.68. The molecule has 2 heteroatoms. The second-order valence-electron chi connectivity index (χ2n) is 6.16. The smallest absolute Gasteiger partial charge is 0.119 e. The van der Waals surface area contributed by atoms with Gasteiger partial charge in [-0.05, 0) is 54.5 Å². The van der Waals surface area contributed by atoms with Crippen molar-refractivity contribution >= 4 is 0 Å². The van der Waals surface area contributed by atoms with E-state index in [1.807, 2.05) is 6.07 Å². The molecule has 116 valence electrons. The van der Waals surface area contributed by atoms with Gasteiger partial charge in [0, 0.05) is 6.04 Å². The molecule has 2 nitrogen and oxygen atoms in total. The highest BCUT2D eigenvalue weighted by molar-refractivity contribution is 5.31. The molecule has 3 rings (SSSR count). The Kier molecular flexibility index (Phi) is 4.79. The average Bonchev–Trinajstić information content (AvgIpc) is 3.36. The number of hydrogen-bond donors (Lipinski definition) is 1. The Morgan fingerprint density at radius 1 is 1.14 bits per heavy atom. The van der Waals surface area contributed by atoms with E-state index in [0.717, 1.165) is 30.6 Å². The molecule has 0 spiro atoms. The lowest BCUT2D eigenvalue weighted by molar-refractivity contribution is 0.412. The summed E-state index contributed by atoms with van der Waals surface area (Å²) in [4.78, 5) is 0. The van der Waals surface area contributed by atoms with Gasteiger partial charge in [-0.15, -0.1) is 0 Å². The zero-order valence-electron chi connectivity index (χ0n) is 13.5. The van der Waals surface area contributed by atoms with Crippen molar-refractivity contribution < 1.29 is 4.74 Å². The highest BCUT2D eigenvalue weighted by atomic mass is 16.5. The summed E-state index contributed by atoms with van der Waals surface area (Å²) in [5, 5.41) is 3.74. The maximum Gasteiger partial charge on any atom is 0.119 e. The minimum absolute atomic E-state index is 0.409. The quantitative estimate of drug-likeness (QED) is 0.809. The van der Waals surface area contributed by atoms with Gasteiger partial charge in [-0.2, -0.15) is 0 Å². The van der Waals surface area contributed by atoms with E-state index in [1.165, 1.54) is 17.5 Å². The number of hydrogen-bond acceptors (Lipinski definition) is 2. The Balaban J connectivity index is 1.56. The van der Waals surface area contributed by atoms with Gasteiger partial charge in [-0.25, -0.2) is 0 Å². The predicted molar refractivity (Wildman–Crippen MR) is 91.3 cm³/mol. The summed E-state index contributed by atoms with van der Waals surface area (Å²) in [5.74, 6) is 2.46. The maximum absolute atomic E-state index is 5.33. The Labute approximate surface area is 133 Å². The van der Waals surface area contributed by atoms with E-state index in [2.05, 4.69) is 60.8 Å². The minimum atomic E-state index is 0.409. The number of nitrogens with one attached hydrogen (secondary N) is 1. The molecule has 1 N–H and O–H groups in total. The first-order chi connectivity index (χ1) is 10.8. The molecule has 0 heterocycles. The summed E-state index contributed by atoms with van der Waals surface area (Å²) in [7, 11) is 1.72. The normalized spacial score (nSPS) is 21.4. The van der Waals surface area contributed by atoms with Crippen molar-refractivity contribution in [2.24, 2.45) is 5.92 Å². The molecule has 0 aromatic heterocycles. The second-order valence-corrected chi connectivity index (χ2v) is 6.16. The van der Waals surface area contributed by atoms with Crippen molar-refractivity contribution in [1.82, 2.24) is 5.32 Å². The summed E-state index contributed by atoms with van der Waals surface area (Å²) in [6.45, 7) is 3.33. The Morgan fingerprint density at radius 2 is 1.95 bits per heavy atom. The van der Waals surface area contributed by atoms with E-state index in [0.29, 0.717) is 6.04 Å². The fraction of sp³-hybridized carbons (Fsp3) is 0.400. The van der Waals surface area contributed by atoms with Crippen LogP contribution in [-0.4, -0.2) is 13.7 Å². The van der Waals surface area contributed by atoms with Crippen molar-refractivity contribution in [2.45, 2.75) is 31.7 Å². The van der Waals surface area contributed by atoms with Crippen molar-refractivity contribution in [3.8, 4) is 5.75 Å². The molecule has 3 atom stereocenters. The van der Waals surface area contributed by atoms with Crippen LogP contribution < -0.4 is 10.1 Å². The van der Waals surface area contributed by atoms with Crippen LogP contribution in [0, 0.1) is 5.92 Å². The van der Waals surface area contributed by atoms with Crippen molar-refractivity contribution in [2.75, 3.05) is 13.7 Å². The van der Waals surface area contributed by atoms with Crippen LogP contribution in [0.15, 0.2) is 54.6 Å². The van der Waals surface area contributed by atoms with Crippen LogP contribution in [0.25, 0.3) is 0 Å². The molecule has 2 aromatic rings. The van der Waals surface area contributed by atoms with Crippen molar-refractivity contribution in [3.05, 3.63) is 65.7 Å². The molecule has 2 aromatic carbocycles. The number of ether oxygens (including phenoxy) is 1. The van der Waals surface area contributed by atoms with Gasteiger partial charge in [0.2, 0.25) is 0 Å². The second kappa shape index (κ2) is 6.97. The van der Waals surface area contributed by atoms with Crippen molar-refractivity contribution in [3.63, 3.8) is 0 Å². The molecule has 1 aliphatic carbocycles. The highest BCUT2D eigenvalue weighted by Crippen LogP contribution is 2.47. The molecule has 0 radical (unpaired) electrons. The summed E-state index contributed by atoms with van der Waals surface area (Å²) in [6.07, 6.45) is 2.40. The molecule has 1 aliphatic rings. The van der Waals surface area contributed by atoms with Gasteiger partial charge in [-0.1, -0.05) is 49.4 Å². The van der Waals surface area contributed by atoms with E-state index in [1.54, 1.807) is 7.11 Å². The lowest BCUT2D eigenvalue weighted by Crippen LogP contribution is -2.23. The molecular formula is C20H25NO. The molecule has 1 fully saturated rings. The van der Waals surface area contributed by atoms with Crippen LogP contribution >= 0.6 is 0 Å². The van der Waals surface area contributed by atoms with Gasteiger partial charge in [0.1, 0.15) is 5.75 Å². The molecule has 3 unspecified atom stereocenters. The van der Waals surface area contributed by atoms with E-state index in [-0.39, 0.29) is 0 Å². The molecule has 1 saturated carbocycles. The van der Waals surface area contributed by atoms with Crippen LogP contribution in [-0.2, 0) is 0 Å². The Hall–Kier alpha value is -1.80. The van der Waals surface area contributed by atoms with E-state index < -0.39 is 0 Å². The summed E-state index contributed by atoms with van der Waals surface area (Å²) < 4.78 is 5.33. The minimum Gasteiger partial charge on any atom is -0.497 e. The lowest BCUT2D eigenvalue weighted by Gasteiger charge is -2.18. The Bertz CT molecular complexity index is 596.